The van der Waals surface area contributed by atoms with E-state index < -0.39 is 30.2 Å². The Morgan fingerprint density at radius 2 is 1.72 bits per heavy atom. The molecule has 0 saturated carbocycles. The SMILES string of the molecule is FC(F)(F)Cc1nc2ccc(C(F)(F)F)cc2[nH]1. The highest BCUT2D eigenvalue weighted by Crippen LogP contribution is 2.31. The highest BCUT2D eigenvalue weighted by Gasteiger charge is 2.32. The second-order valence-electron chi connectivity index (χ2n) is 3.71. The van der Waals surface area contributed by atoms with Gasteiger partial charge in [-0.2, -0.15) is 26.3 Å². The van der Waals surface area contributed by atoms with Crippen molar-refractivity contribution in [2.75, 3.05) is 0 Å². The Hall–Kier alpha value is -1.73. The first-order valence-electron chi connectivity index (χ1n) is 4.78. The molecule has 18 heavy (non-hydrogen) atoms. The van der Waals surface area contributed by atoms with Gasteiger partial charge in [-0.1, -0.05) is 0 Å². The van der Waals surface area contributed by atoms with Crippen LogP contribution in [0.3, 0.4) is 0 Å². The Bertz CT molecular complexity index is 566. The second-order valence-corrected chi connectivity index (χ2v) is 3.71. The third kappa shape index (κ3) is 2.74. The van der Waals surface area contributed by atoms with Gasteiger partial charge < -0.3 is 4.98 Å². The molecule has 2 nitrogen and oxygen atoms in total. The smallest absolute Gasteiger partial charge is 0.342 e. The Kier molecular flexibility index (Phi) is 2.75. The lowest BCUT2D eigenvalue weighted by Gasteiger charge is -2.05. The number of fused-ring (bicyclic) bond motifs is 1. The summed E-state index contributed by atoms with van der Waals surface area (Å²) in [5.74, 6) is -0.406. The molecule has 0 bridgehead atoms. The van der Waals surface area contributed by atoms with Gasteiger partial charge in [-0.25, -0.2) is 4.98 Å². The van der Waals surface area contributed by atoms with Crippen molar-refractivity contribution >= 4 is 11.0 Å². The number of aromatic amines is 1. The van der Waals surface area contributed by atoms with Gasteiger partial charge in [0.2, 0.25) is 0 Å². The average Bonchev–Trinajstić information content (AvgIpc) is 2.53. The maximum Gasteiger partial charge on any atom is 0.416 e. The third-order valence-corrected chi connectivity index (χ3v) is 2.23. The molecule has 0 amide bonds. The van der Waals surface area contributed by atoms with Gasteiger partial charge >= 0.3 is 12.4 Å². The van der Waals surface area contributed by atoms with E-state index in [1.54, 1.807) is 0 Å². The lowest BCUT2D eigenvalue weighted by atomic mass is 10.2. The van der Waals surface area contributed by atoms with Crippen LogP contribution in [-0.4, -0.2) is 16.1 Å². The molecule has 1 N–H and O–H groups in total. The topological polar surface area (TPSA) is 28.7 Å². The highest BCUT2D eigenvalue weighted by atomic mass is 19.4. The first-order valence-corrected chi connectivity index (χ1v) is 4.78. The van der Waals surface area contributed by atoms with Crippen LogP contribution in [0.5, 0.6) is 0 Å². The number of hydrogen-bond donors (Lipinski definition) is 1. The number of rotatable bonds is 1. The number of imidazole rings is 1. The lowest BCUT2D eigenvalue weighted by molar-refractivity contribution is -0.137. The largest absolute Gasteiger partial charge is 0.416 e. The molecule has 0 fully saturated rings. The minimum absolute atomic E-state index is 0.0657. The summed E-state index contributed by atoms with van der Waals surface area (Å²) in [7, 11) is 0. The van der Waals surface area contributed by atoms with Crippen molar-refractivity contribution in [1.29, 1.82) is 0 Å². The van der Waals surface area contributed by atoms with Crippen molar-refractivity contribution < 1.29 is 26.3 Å². The van der Waals surface area contributed by atoms with Crippen LogP contribution in [0.15, 0.2) is 18.2 Å². The molecule has 1 aromatic carbocycles. The second kappa shape index (κ2) is 3.89. The summed E-state index contributed by atoms with van der Waals surface area (Å²) < 4.78 is 73.4. The first kappa shape index (κ1) is 12.7. The van der Waals surface area contributed by atoms with Gasteiger partial charge in [0, 0.05) is 0 Å². The third-order valence-electron chi connectivity index (χ3n) is 2.23. The van der Waals surface area contributed by atoms with Crippen LogP contribution in [-0.2, 0) is 12.6 Å². The Labute approximate surface area is 96.6 Å². The van der Waals surface area contributed by atoms with Crippen LogP contribution in [0.25, 0.3) is 11.0 Å². The van der Waals surface area contributed by atoms with Crippen molar-refractivity contribution in [2.24, 2.45) is 0 Å². The van der Waals surface area contributed by atoms with Crippen molar-refractivity contribution in [3.8, 4) is 0 Å². The van der Waals surface area contributed by atoms with Gasteiger partial charge in [0.15, 0.2) is 0 Å². The number of aromatic nitrogens is 2. The Morgan fingerprint density at radius 1 is 1.06 bits per heavy atom. The number of H-pyrrole nitrogens is 1. The molecule has 0 aliphatic carbocycles. The number of alkyl halides is 6. The molecule has 1 aromatic heterocycles. The minimum atomic E-state index is -4.54. The summed E-state index contributed by atoms with van der Waals surface area (Å²) >= 11 is 0. The fraction of sp³-hybridized carbons (Fsp3) is 0.300. The Balaban J connectivity index is 2.40. The van der Waals surface area contributed by atoms with Crippen molar-refractivity contribution in [3.05, 3.63) is 29.6 Å². The fourth-order valence-corrected chi connectivity index (χ4v) is 1.51. The molecule has 0 aliphatic heterocycles. The van der Waals surface area contributed by atoms with E-state index in [0.717, 1.165) is 18.2 Å². The van der Waals surface area contributed by atoms with Gasteiger partial charge in [-0.15, -0.1) is 0 Å². The molecule has 1 heterocycles. The van der Waals surface area contributed by atoms with Gasteiger partial charge in [0.1, 0.15) is 12.2 Å². The van der Waals surface area contributed by atoms with E-state index in [0.29, 0.717) is 0 Å². The zero-order valence-electron chi connectivity index (χ0n) is 8.65. The first-order chi connectivity index (χ1) is 8.15. The van der Waals surface area contributed by atoms with E-state index in [2.05, 4.69) is 9.97 Å². The van der Waals surface area contributed by atoms with E-state index in [-0.39, 0.29) is 11.0 Å². The van der Waals surface area contributed by atoms with Crippen molar-refractivity contribution in [3.63, 3.8) is 0 Å². The zero-order valence-corrected chi connectivity index (χ0v) is 8.65. The zero-order chi connectivity index (χ0) is 13.6. The number of nitrogens with zero attached hydrogens (tertiary/aromatic N) is 1. The van der Waals surface area contributed by atoms with Gasteiger partial charge in [-0.3, -0.25) is 0 Å². The molecule has 0 unspecified atom stereocenters. The maximum absolute atomic E-state index is 12.4. The van der Waals surface area contributed by atoms with E-state index in [9.17, 15) is 26.3 Å². The monoisotopic (exact) mass is 268 g/mol. The fourth-order valence-electron chi connectivity index (χ4n) is 1.51. The average molecular weight is 268 g/mol. The molecule has 0 radical (unpaired) electrons. The number of benzene rings is 1. The summed E-state index contributed by atoms with van der Waals surface area (Å²) in [5, 5.41) is 0. The standard InChI is InChI=1S/C10H6F6N2/c11-9(12,13)4-8-17-6-2-1-5(10(14,15)16)3-7(6)18-8/h1-3H,4H2,(H,17,18). The van der Waals surface area contributed by atoms with E-state index in [4.69, 9.17) is 0 Å². The Morgan fingerprint density at radius 3 is 2.28 bits per heavy atom. The summed E-state index contributed by atoms with van der Waals surface area (Å²) in [6.07, 6.45) is -10.3. The molecular weight excluding hydrogens is 262 g/mol. The van der Waals surface area contributed by atoms with Crippen LogP contribution in [0, 0.1) is 0 Å². The predicted molar refractivity (Wildman–Crippen MR) is 50.9 cm³/mol. The molecule has 0 spiro atoms. The van der Waals surface area contributed by atoms with Gasteiger partial charge in [0.25, 0.3) is 0 Å². The van der Waals surface area contributed by atoms with E-state index >= 15 is 0 Å². The van der Waals surface area contributed by atoms with E-state index in [1.165, 1.54) is 0 Å². The maximum atomic E-state index is 12.4. The summed E-state index contributed by atoms with van der Waals surface area (Å²) in [6.45, 7) is 0. The number of hydrogen-bond acceptors (Lipinski definition) is 1. The molecule has 0 aliphatic rings. The quantitative estimate of drug-likeness (QED) is 0.785. The summed E-state index contributed by atoms with van der Waals surface area (Å²) in [5.41, 5.74) is -0.927. The highest BCUT2D eigenvalue weighted by molar-refractivity contribution is 5.76. The van der Waals surface area contributed by atoms with Crippen LogP contribution < -0.4 is 0 Å². The van der Waals surface area contributed by atoms with Gasteiger partial charge in [-0.05, 0) is 18.2 Å². The molecular formula is C10H6F6N2. The van der Waals surface area contributed by atoms with Gasteiger partial charge in [0.05, 0.1) is 16.6 Å². The molecule has 0 saturated heterocycles. The molecule has 8 heteroatoms. The predicted octanol–water partition coefficient (Wildman–Crippen LogP) is 3.69. The normalized spacial score (nSPS) is 13.2. The van der Waals surface area contributed by atoms with E-state index in [1.807, 2.05) is 0 Å². The minimum Gasteiger partial charge on any atom is -0.342 e. The molecule has 0 atom stereocenters. The van der Waals surface area contributed by atoms with Crippen molar-refractivity contribution in [1.82, 2.24) is 9.97 Å². The van der Waals surface area contributed by atoms with Crippen molar-refractivity contribution in [2.45, 2.75) is 18.8 Å². The molecule has 98 valence electrons. The molecule has 2 aromatic rings. The number of halogens is 6. The lowest BCUT2D eigenvalue weighted by Crippen LogP contribution is -2.12. The summed E-state index contributed by atoms with van der Waals surface area (Å²) in [4.78, 5) is 5.81. The van der Waals surface area contributed by atoms with Crippen LogP contribution in [0.1, 0.15) is 11.4 Å². The van der Waals surface area contributed by atoms with Crippen LogP contribution in [0.4, 0.5) is 26.3 Å². The van der Waals surface area contributed by atoms with Crippen LogP contribution >= 0.6 is 0 Å². The van der Waals surface area contributed by atoms with Crippen LogP contribution in [0.2, 0.25) is 0 Å². The summed E-state index contributed by atoms with van der Waals surface area (Å²) in [6, 6.07) is 2.55. The number of nitrogens with one attached hydrogen (secondary N) is 1. The molecule has 2 rings (SSSR count).